The Labute approximate surface area is 139 Å². The number of nitriles is 1. The van der Waals surface area contributed by atoms with Crippen LogP contribution in [0.1, 0.15) is 24.1 Å². The molecule has 0 atom stereocenters. The molecular weight excluding hydrogens is 316 g/mol. The standard InChI is InChI=1S/C15H17ClN6O/c1-11-12(9-17)8-13(16)14(19-11)21-5-2-15(23,3-6-21)10-22-7-4-18-20-22/h4,7-8,23H,2-3,5-6,10H2,1H3. The molecule has 0 bridgehead atoms. The van der Waals surface area contributed by atoms with E-state index in [0.717, 1.165) is 0 Å². The van der Waals surface area contributed by atoms with Crippen molar-refractivity contribution >= 4 is 17.4 Å². The normalized spacial score (nSPS) is 17.0. The molecule has 0 amide bonds. The lowest BCUT2D eigenvalue weighted by Crippen LogP contribution is -2.47. The lowest BCUT2D eigenvalue weighted by Gasteiger charge is -2.38. The van der Waals surface area contributed by atoms with Crippen LogP contribution in [-0.2, 0) is 6.54 Å². The zero-order valence-electron chi connectivity index (χ0n) is 12.8. The van der Waals surface area contributed by atoms with Crippen LogP contribution < -0.4 is 4.90 Å². The Morgan fingerprint density at radius 3 is 2.78 bits per heavy atom. The van der Waals surface area contributed by atoms with Crippen LogP contribution in [0.5, 0.6) is 0 Å². The first-order valence-corrected chi connectivity index (χ1v) is 7.77. The van der Waals surface area contributed by atoms with Gasteiger partial charge in [-0.3, -0.25) is 0 Å². The van der Waals surface area contributed by atoms with Crippen molar-refractivity contribution in [2.45, 2.75) is 31.9 Å². The maximum atomic E-state index is 10.7. The van der Waals surface area contributed by atoms with Gasteiger partial charge in [0.2, 0.25) is 0 Å². The Kier molecular flexibility index (Phi) is 4.20. The molecule has 7 nitrogen and oxygen atoms in total. The highest BCUT2D eigenvalue weighted by molar-refractivity contribution is 6.33. The molecule has 1 aliphatic rings. The van der Waals surface area contributed by atoms with Crippen molar-refractivity contribution in [2.75, 3.05) is 18.0 Å². The van der Waals surface area contributed by atoms with Crippen molar-refractivity contribution in [1.82, 2.24) is 20.0 Å². The van der Waals surface area contributed by atoms with Gasteiger partial charge in [-0.2, -0.15) is 5.26 Å². The minimum Gasteiger partial charge on any atom is -0.388 e. The maximum Gasteiger partial charge on any atom is 0.147 e. The molecule has 1 fully saturated rings. The molecule has 8 heteroatoms. The van der Waals surface area contributed by atoms with Crippen LogP contribution in [0.15, 0.2) is 18.5 Å². The van der Waals surface area contributed by atoms with Gasteiger partial charge in [-0.15, -0.1) is 5.10 Å². The molecule has 0 aliphatic carbocycles. The summed E-state index contributed by atoms with van der Waals surface area (Å²) in [5.74, 6) is 0.672. The predicted molar refractivity (Wildman–Crippen MR) is 85.1 cm³/mol. The molecule has 120 valence electrons. The third-order valence-corrected chi connectivity index (χ3v) is 4.47. The summed E-state index contributed by atoms with van der Waals surface area (Å²) in [4.78, 5) is 6.50. The molecule has 0 spiro atoms. The number of aromatic nitrogens is 4. The molecule has 0 radical (unpaired) electrons. The number of pyridine rings is 1. The lowest BCUT2D eigenvalue weighted by atomic mass is 9.91. The van der Waals surface area contributed by atoms with Gasteiger partial charge in [-0.1, -0.05) is 16.8 Å². The van der Waals surface area contributed by atoms with Gasteiger partial charge < -0.3 is 10.0 Å². The van der Waals surface area contributed by atoms with Crippen molar-refractivity contribution < 1.29 is 5.11 Å². The summed E-state index contributed by atoms with van der Waals surface area (Å²) in [7, 11) is 0. The van der Waals surface area contributed by atoms with Crippen LogP contribution in [0.3, 0.4) is 0 Å². The minimum absolute atomic E-state index is 0.425. The van der Waals surface area contributed by atoms with E-state index in [1.54, 1.807) is 30.1 Å². The number of hydrogen-bond acceptors (Lipinski definition) is 6. The van der Waals surface area contributed by atoms with Gasteiger partial charge in [0.1, 0.15) is 11.9 Å². The van der Waals surface area contributed by atoms with Gasteiger partial charge in [0.05, 0.1) is 34.6 Å². The van der Waals surface area contributed by atoms with Crippen molar-refractivity contribution in [3.63, 3.8) is 0 Å². The van der Waals surface area contributed by atoms with E-state index in [0.29, 0.717) is 54.6 Å². The Morgan fingerprint density at radius 1 is 1.43 bits per heavy atom. The van der Waals surface area contributed by atoms with E-state index in [1.165, 1.54) is 0 Å². The molecule has 1 N–H and O–H groups in total. The van der Waals surface area contributed by atoms with E-state index in [-0.39, 0.29) is 0 Å². The first-order valence-electron chi connectivity index (χ1n) is 7.39. The largest absolute Gasteiger partial charge is 0.388 e. The second-order valence-corrected chi connectivity index (χ2v) is 6.26. The van der Waals surface area contributed by atoms with Gasteiger partial charge in [0.25, 0.3) is 0 Å². The first kappa shape index (κ1) is 15.7. The number of hydrogen-bond donors (Lipinski definition) is 1. The van der Waals surface area contributed by atoms with Crippen molar-refractivity contribution in [3.05, 3.63) is 34.7 Å². The molecule has 0 aromatic carbocycles. The summed E-state index contributed by atoms with van der Waals surface area (Å²) in [5.41, 5.74) is 0.340. The van der Waals surface area contributed by atoms with Gasteiger partial charge >= 0.3 is 0 Å². The Hall–Kier alpha value is -2.17. The summed E-state index contributed by atoms with van der Waals surface area (Å²) in [6, 6.07) is 3.73. The summed E-state index contributed by atoms with van der Waals surface area (Å²) in [6.45, 7) is 3.50. The van der Waals surface area contributed by atoms with Crippen molar-refractivity contribution in [3.8, 4) is 6.07 Å². The Morgan fingerprint density at radius 2 is 2.17 bits per heavy atom. The Balaban J connectivity index is 1.72. The number of piperidine rings is 1. The van der Waals surface area contributed by atoms with Crippen molar-refractivity contribution in [1.29, 1.82) is 5.26 Å². The molecule has 2 aromatic rings. The molecule has 1 aliphatic heterocycles. The Bertz CT molecular complexity index is 731. The van der Waals surface area contributed by atoms with E-state index < -0.39 is 5.60 Å². The first-order chi connectivity index (χ1) is 11.0. The third-order valence-electron chi connectivity index (χ3n) is 4.19. The number of aryl methyl sites for hydroxylation is 1. The molecule has 3 heterocycles. The van der Waals surface area contributed by atoms with Crippen LogP contribution in [-0.4, -0.2) is 43.8 Å². The van der Waals surface area contributed by atoms with Crippen LogP contribution in [0.25, 0.3) is 0 Å². The second kappa shape index (κ2) is 6.14. The highest BCUT2D eigenvalue weighted by atomic mass is 35.5. The van der Waals surface area contributed by atoms with Crippen molar-refractivity contribution in [2.24, 2.45) is 0 Å². The zero-order valence-corrected chi connectivity index (χ0v) is 13.5. The third kappa shape index (κ3) is 3.28. The van der Waals surface area contributed by atoms with Crippen LogP contribution in [0.4, 0.5) is 5.82 Å². The summed E-state index contributed by atoms with van der Waals surface area (Å²) >= 11 is 6.26. The summed E-state index contributed by atoms with van der Waals surface area (Å²) < 4.78 is 1.65. The van der Waals surface area contributed by atoms with Crippen LogP contribution >= 0.6 is 11.6 Å². The fourth-order valence-electron chi connectivity index (χ4n) is 2.81. The predicted octanol–water partition coefficient (Wildman–Crippen LogP) is 1.54. The number of rotatable bonds is 3. The molecule has 0 saturated carbocycles. The molecule has 3 rings (SSSR count). The minimum atomic E-state index is -0.807. The number of nitrogens with zero attached hydrogens (tertiary/aromatic N) is 6. The molecule has 2 aromatic heterocycles. The summed E-state index contributed by atoms with van der Waals surface area (Å²) in [5, 5.41) is 27.9. The maximum absolute atomic E-state index is 10.7. The topological polar surface area (TPSA) is 90.9 Å². The SMILES string of the molecule is Cc1nc(N2CCC(O)(Cn3ccnn3)CC2)c(Cl)cc1C#N. The highest BCUT2D eigenvalue weighted by Gasteiger charge is 2.34. The van der Waals surface area contributed by atoms with E-state index in [1.807, 2.05) is 4.90 Å². The fraction of sp³-hybridized carbons (Fsp3) is 0.467. The average molecular weight is 333 g/mol. The molecular formula is C15H17ClN6O. The number of aliphatic hydroxyl groups is 1. The van der Waals surface area contributed by atoms with E-state index in [9.17, 15) is 5.11 Å². The van der Waals surface area contributed by atoms with E-state index in [4.69, 9.17) is 16.9 Å². The average Bonchev–Trinajstić information content (AvgIpc) is 3.02. The zero-order chi connectivity index (χ0) is 16.4. The van der Waals surface area contributed by atoms with Crippen LogP contribution in [0, 0.1) is 18.3 Å². The molecule has 0 unspecified atom stereocenters. The lowest BCUT2D eigenvalue weighted by molar-refractivity contribution is -0.00355. The van der Waals surface area contributed by atoms with Crippen LogP contribution in [0.2, 0.25) is 5.02 Å². The fourth-order valence-corrected chi connectivity index (χ4v) is 3.09. The second-order valence-electron chi connectivity index (χ2n) is 5.85. The number of halogens is 1. The smallest absolute Gasteiger partial charge is 0.147 e. The van der Waals surface area contributed by atoms with Gasteiger partial charge in [-0.25, -0.2) is 9.67 Å². The van der Waals surface area contributed by atoms with E-state index in [2.05, 4.69) is 21.4 Å². The monoisotopic (exact) mass is 332 g/mol. The van der Waals surface area contributed by atoms with Gasteiger partial charge in [-0.05, 0) is 25.8 Å². The highest BCUT2D eigenvalue weighted by Crippen LogP contribution is 2.31. The van der Waals surface area contributed by atoms with E-state index >= 15 is 0 Å². The number of anilines is 1. The molecule has 1 saturated heterocycles. The summed E-state index contributed by atoms with van der Waals surface area (Å²) in [6.07, 6.45) is 4.52. The van der Waals surface area contributed by atoms with Gasteiger partial charge in [0, 0.05) is 19.3 Å². The van der Waals surface area contributed by atoms with Gasteiger partial charge in [0.15, 0.2) is 0 Å². The quantitative estimate of drug-likeness (QED) is 0.916. The molecule has 23 heavy (non-hydrogen) atoms.